The molecular formula is C15H18N2O. The van der Waals surface area contributed by atoms with Crippen LogP contribution in [-0.4, -0.2) is 12.6 Å². The van der Waals surface area contributed by atoms with Gasteiger partial charge in [0.2, 0.25) is 0 Å². The minimum atomic E-state index is -0.389. The highest BCUT2D eigenvalue weighted by molar-refractivity contribution is 6.02. The van der Waals surface area contributed by atoms with Gasteiger partial charge in [-0.15, -0.1) is 0 Å². The van der Waals surface area contributed by atoms with Crippen LogP contribution in [0.4, 0.5) is 10.5 Å². The first kappa shape index (κ1) is 12.4. The Morgan fingerprint density at radius 1 is 1.17 bits per heavy atom. The van der Waals surface area contributed by atoms with Crippen molar-refractivity contribution < 1.29 is 4.79 Å². The molecule has 94 valence electrons. The number of hydrogen-bond acceptors (Lipinski definition) is 1. The van der Waals surface area contributed by atoms with E-state index in [2.05, 4.69) is 6.92 Å². The van der Waals surface area contributed by atoms with Crippen LogP contribution >= 0.6 is 0 Å². The molecule has 0 saturated carbocycles. The standard InChI is InChI=1S/C15H18N2O/c1-2-3-11-17(15(16)18)14-10-6-8-12-7-4-5-9-13(12)14/h4-10H,2-3,11H2,1H3,(H2,16,18). The average molecular weight is 242 g/mol. The monoisotopic (exact) mass is 242 g/mol. The third-order valence-corrected chi connectivity index (χ3v) is 3.06. The van der Waals surface area contributed by atoms with Gasteiger partial charge >= 0.3 is 6.03 Å². The summed E-state index contributed by atoms with van der Waals surface area (Å²) in [5.74, 6) is 0. The molecule has 0 saturated heterocycles. The van der Waals surface area contributed by atoms with Gasteiger partial charge in [0.1, 0.15) is 0 Å². The summed E-state index contributed by atoms with van der Waals surface area (Å²) < 4.78 is 0. The van der Waals surface area contributed by atoms with Crippen LogP contribution in [-0.2, 0) is 0 Å². The van der Waals surface area contributed by atoms with Gasteiger partial charge < -0.3 is 5.73 Å². The Morgan fingerprint density at radius 2 is 1.89 bits per heavy atom. The van der Waals surface area contributed by atoms with Gasteiger partial charge in [0.15, 0.2) is 0 Å². The molecule has 2 amide bonds. The highest BCUT2D eigenvalue weighted by atomic mass is 16.2. The zero-order chi connectivity index (χ0) is 13.0. The molecule has 0 aliphatic heterocycles. The molecule has 3 nitrogen and oxygen atoms in total. The second-order valence-corrected chi connectivity index (χ2v) is 4.34. The molecule has 0 aromatic heterocycles. The molecule has 2 N–H and O–H groups in total. The summed E-state index contributed by atoms with van der Waals surface area (Å²) >= 11 is 0. The molecule has 0 atom stereocenters. The maximum atomic E-state index is 11.6. The summed E-state index contributed by atoms with van der Waals surface area (Å²) in [5, 5.41) is 2.19. The number of benzene rings is 2. The van der Waals surface area contributed by atoms with Gasteiger partial charge in [-0.1, -0.05) is 49.7 Å². The number of fused-ring (bicyclic) bond motifs is 1. The molecule has 0 aliphatic carbocycles. The van der Waals surface area contributed by atoms with E-state index in [0.717, 1.165) is 29.3 Å². The van der Waals surface area contributed by atoms with Crippen molar-refractivity contribution in [3.63, 3.8) is 0 Å². The molecule has 0 fully saturated rings. The van der Waals surface area contributed by atoms with Crippen LogP contribution in [0.1, 0.15) is 19.8 Å². The van der Waals surface area contributed by atoms with Crippen LogP contribution < -0.4 is 10.6 Å². The molecule has 2 rings (SSSR count). The summed E-state index contributed by atoms with van der Waals surface area (Å²) in [6.07, 6.45) is 1.99. The number of anilines is 1. The number of unbranched alkanes of at least 4 members (excludes halogenated alkanes) is 1. The van der Waals surface area contributed by atoms with E-state index in [0.29, 0.717) is 6.54 Å². The number of hydrogen-bond donors (Lipinski definition) is 1. The van der Waals surface area contributed by atoms with E-state index in [1.165, 1.54) is 0 Å². The topological polar surface area (TPSA) is 46.3 Å². The number of rotatable bonds is 4. The number of nitrogens with two attached hydrogens (primary N) is 1. The minimum Gasteiger partial charge on any atom is -0.351 e. The highest BCUT2D eigenvalue weighted by Gasteiger charge is 2.13. The summed E-state index contributed by atoms with van der Waals surface area (Å²) in [7, 11) is 0. The second kappa shape index (κ2) is 5.54. The maximum absolute atomic E-state index is 11.6. The molecule has 18 heavy (non-hydrogen) atoms. The van der Waals surface area contributed by atoms with Crippen molar-refractivity contribution in [3.8, 4) is 0 Å². The number of primary amides is 1. The predicted molar refractivity (Wildman–Crippen MR) is 75.8 cm³/mol. The van der Waals surface area contributed by atoms with Gasteiger partial charge in [0.25, 0.3) is 0 Å². The summed E-state index contributed by atoms with van der Waals surface area (Å²) in [6.45, 7) is 2.77. The lowest BCUT2D eigenvalue weighted by atomic mass is 10.1. The van der Waals surface area contributed by atoms with Crippen molar-refractivity contribution in [3.05, 3.63) is 42.5 Å². The minimum absolute atomic E-state index is 0.389. The van der Waals surface area contributed by atoms with Gasteiger partial charge in [-0.05, 0) is 17.9 Å². The number of nitrogens with zero attached hydrogens (tertiary/aromatic N) is 1. The molecule has 0 unspecified atom stereocenters. The molecule has 0 spiro atoms. The number of carbonyl (C=O) groups excluding carboxylic acids is 1. The Balaban J connectivity index is 2.46. The SMILES string of the molecule is CCCCN(C(N)=O)c1cccc2ccccc12. The van der Waals surface area contributed by atoms with Gasteiger partial charge in [0, 0.05) is 11.9 Å². The Bertz CT molecular complexity index is 546. The molecule has 0 bridgehead atoms. The van der Waals surface area contributed by atoms with Crippen LogP contribution in [0.5, 0.6) is 0 Å². The lowest BCUT2D eigenvalue weighted by Crippen LogP contribution is -2.36. The predicted octanol–water partition coefficient (Wildman–Crippen LogP) is 3.53. The fraction of sp³-hybridized carbons (Fsp3) is 0.267. The Labute approximate surface area is 107 Å². The zero-order valence-corrected chi connectivity index (χ0v) is 10.6. The van der Waals surface area contributed by atoms with Gasteiger partial charge in [0.05, 0.1) is 5.69 Å². The summed E-state index contributed by atoms with van der Waals surface area (Å²) in [6, 6.07) is 13.6. The molecule has 3 heteroatoms. The lowest BCUT2D eigenvalue weighted by molar-refractivity contribution is 0.254. The van der Waals surface area contributed by atoms with Crippen molar-refractivity contribution in [1.82, 2.24) is 0 Å². The van der Waals surface area contributed by atoms with E-state index in [9.17, 15) is 4.79 Å². The maximum Gasteiger partial charge on any atom is 0.319 e. The first-order chi connectivity index (χ1) is 8.74. The van der Waals surface area contributed by atoms with Crippen molar-refractivity contribution >= 4 is 22.5 Å². The normalized spacial score (nSPS) is 10.5. The quantitative estimate of drug-likeness (QED) is 0.876. The molecule has 0 radical (unpaired) electrons. The number of carbonyl (C=O) groups is 1. The Morgan fingerprint density at radius 3 is 2.61 bits per heavy atom. The number of urea groups is 1. The summed E-state index contributed by atoms with van der Waals surface area (Å²) in [4.78, 5) is 13.3. The van der Waals surface area contributed by atoms with Gasteiger partial charge in [-0.2, -0.15) is 0 Å². The first-order valence-electron chi connectivity index (χ1n) is 6.28. The molecule has 0 aliphatic rings. The fourth-order valence-electron chi connectivity index (χ4n) is 2.11. The largest absolute Gasteiger partial charge is 0.351 e. The van der Waals surface area contributed by atoms with Crippen molar-refractivity contribution in [2.75, 3.05) is 11.4 Å². The molecular weight excluding hydrogens is 224 g/mol. The van der Waals surface area contributed by atoms with Crippen LogP contribution in [0.25, 0.3) is 10.8 Å². The van der Waals surface area contributed by atoms with E-state index in [1.807, 2.05) is 42.5 Å². The molecule has 2 aromatic carbocycles. The average Bonchev–Trinajstić information content (AvgIpc) is 2.39. The van der Waals surface area contributed by atoms with Crippen molar-refractivity contribution in [2.45, 2.75) is 19.8 Å². The van der Waals surface area contributed by atoms with Crippen LogP contribution in [0.3, 0.4) is 0 Å². The highest BCUT2D eigenvalue weighted by Crippen LogP contribution is 2.26. The van der Waals surface area contributed by atoms with Crippen molar-refractivity contribution in [1.29, 1.82) is 0 Å². The first-order valence-corrected chi connectivity index (χ1v) is 6.28. The Kier molecular flexibility index (Phi) is 3.82. The van der Waals surface area contributed by atoms with Crippen LogP contribution in [0.15, 0.2) is 42.5 Å². The number of amides is 2. The summed E-state index contributed by atoms with van der Waals surface area (Å²) in [5.41, 5.74) is 6.38. The molecule has 0 heterocycles. The van der Waals surface area contributed by atoms with E-state index < -0.39 is 0 Å². The van der Waals surface area contributed by atoms with Gasteiger partial charge in [-0.3, -0.25) is 4.90 Å². The third-order valence-electron chi connectivity index (χ3n) is 3.06. The van der Waals surface area contributed by atoms with Crippen LogP contribution in [0.2, 0.25) is 0 Å². The van der Waals surface area contributed by atoms with E-state index >= 15 is 0 Å². The fourth-order valence-corrected chi connectivity index (χ4v) is 2.11. The van der Waals surface area contributed by atoms with Gasteiger partial charge in [-0.25, -0.2) is 4.79 Å². The molecule has 2 aromatic rings. The lowest BCUT2D eigenvalue weighted by Gasteiger charge is -2.22. The third kappa shape index (κ3) is 2.45. The van der Waals surface area contributed by atoms with E-state index in [4.69, 9.17) is 5.73 Å². The van der Waals surface area contributed by atoms with Crippen molar-refractivity contribution in [2.24, 2.45) is 5.73 Å². The smallest absolute Gasteiger partial charge is 0.319 e. The Hall–Kier alpha value is -2.03. The van der Waals surface area contributed by atoms with Crippen LogP contribution in [0, 0.1) is 0 Å². The van der Waals surface area contributed by atoms with E-state index in [1.54, 1.807) is 4.90 Å². The second-order valence-electron chi connectivity index (χ2n) is 4.34. The zero-order valence-electron chi connectivity index (χ0n) is 10.6. The van der Waals surface area contributed by atoms with E-state index in [-0.39, 0.29) is 6.03 Å².